The molecule has 1 aromatic carbocycles. The number of carbonyl (C=O) groups is 3. The van der Waals surface area contributed by atoms with E-state index in [1.807, 2.05) is 23.1 Å². The summed E-state index contributed by atoms with van der Waals surface area (Å²) in [7, 11) is 0. The van der Waals surface area contributed by atoms with Crippen LogP contribution in [0.4, 0.5) is 5.69 Å². The average Bonchev–Trinajstić information content (AvgIpc) is 3.17. The van der Waals surface area contributed by atoms with Gasteiger partial charge in [0.1, 0.15) is 0 Å². The molecule has 0 bridgehead atoms. The first-order valence-corrected chi connectivity index (χ1v) is 9.13. The number of para-hydroxylation sites is 1. The number of carboxylic acid groups (broad SMARTS) is 1. The summed E-state index contributed by atoms with van der Waals surface area (Å²) in [5.41, 5.74) is 1.16. The Bertz CT molecular complexity index is 656. The van der Waals surface area contributed by atoms with Crippen LogP contribution in [0.5, 0.6) is 0 Å². The molecule has 1 aromatic rings. The molecular formula is C19H25N3O4. The van der Waals surface area contributed by atoms with Crippen molar-refractivity contribution < 1.29 is 19.5 Å². The minimum atomic E-state index is -0.854. The van der Waals surface area contributed by atoms with Crippen LogP contribution >= 0.6 is 0 Å². The molecule has 1 atom stereocenters. The lowest BCUT2D eigenvalue weighted by molar-refractivity contribution is -0.142. The summed E-state index contributed by atoms with van der Waals surface area (Å²) in [6.45, 7) is 3.63. The fraction of sp³-hybridized carbons (Fsp3) is 0.526. The number of nitrogens with zero attached hydrogens (tertiary/aromatic N) is 3. The summed E-state index contributed by atoms with van der Waals surface area (Å²) in [5.74, 6) is -1.45. The van der Waals surface area contributed by atoms with E-state index < -0.39 is 11.9 Å². The summed E-state index contributed by atoms with van der Waals surface area (Å²) in [5, 5.41) is 9.00. The molecule has 2 aliphatic rings. The molecule has 26 heavy (non-hydrogen) atoms. The topological polar surface area (TPSA) is 81.2 Å². The second-order valence-corrected chi connectivity index (χ2v) is 6.87. The van der Waals surface area contributed by atoms with Gasteiger partial charge in [-0.2, -0.15) is 0 Å². The Morgan fingerprint density at radius 2 is 1.50 bits per heavy atom. The molecule has 2 fully saturated rings. The van der Waals surface area contributed by atoms with Crippen LogP contribution in [-0.2, 0) is 14.4 Å². The van der Waals surface area contributed by atoms with Crippen molar-refractivity contribution in [3.05, 3.63) is 30.3 Å². The number of hydrogen-bond donors (Lipinski definition) is 1. The Morgan fingerprint density at radius 1 is 0.885 bits per heavy atom. The van der Waals surface area contributed by atoms with E-state index in [4.69, 9.17) is 5.11 Å². The van der Waals surface area contributed by atoms with Gasteiger partial charge in [-0.1, -0.05) is 18.2 Å². The summed E-state index contributed by atoms with van der Waals surface area (Å²) >= 11 is 0. The number of rotatable bonds is 5. The molecule has 1 unspecified atom stereocenters. The first kappa shape index (κ1) is 18.2. The summed E-state index contributed by atoms with van der Waals surface area (Å²) in [6, 6.07) is 10.1. The van der Waals surface area contributed by atoms with Crippen LogP contribution in [0.1, 0.15) is 19.3 Å². The fourth-order valence-electron chi connectivity index (χ4n) is 3.57. The van der Waals surface area contributed by atoms with E-state index in [0.29, 0.717) is 26.1 Å². The van der Waals surface area contributed by atoms with E-state index >= 15 is 0 Å². The van der Waals surface area contributed by atoms with Crippen molar-refractivity contribution in [2.75, 3.05) is 44.2 Å². The zero-order valence-corrected chi connectivity index (χ0v) is 14.8. The molecular weight excluding hydrogens is 334 g/mol. The standard InChI is InChI=1S/C19H25N3O4/c23-17(6-7-18(24)22-9-8-15(14-22)19(25)26)21-12-10-20(11-13-21)16-4-2-1-3-5-16/h1-5,15H,6-14H2,(H,25,26). The molecule has 140 valence electrons. The van der Waals surface area contributed by atoms with Crippen molar-refractivity contribution in [1.29, 1.82) is 0 Å². The second-order valence-electron chi connectivity index (χ2n) is 6.87. The van der Waals surface area contributed by atoms with Gasteiger partial charge in [-0.05, 0) is 18.6 Å². The second kappa shape index (κ2) is 8.21. The zero-order valence-electron chi connectivity index (χ0n) is 14.8. The zero-order chi connectivity index (χ0) is 18.5. The Labute approximate surface area is 153 Å². The van der Waals surface area contributed by atoms with Crippen molar-refractivity contribution in [3.8, 4) is 0 Å². The van der Waals surface area contributed by atoms with E-state index in [-0.39, 0.29) is 31.2 Å². The predicted molar refractivity (Wildman–Crippen MR) is 96.8 cm³/mol. The van der Waals surface area contributed by atoms with Crippen molar-refractivity contribution in [3.63, 3.8) is 0 Å². The first-order valence-electron chi connectivity index (χ1n) is 9.13. The van der Waals surface area contributed by atoms with E-state index in [1.165, 1.54) is 0 Å². The maximum Gasteiger partial charge on any atom is 0.308 e. The smallest absolute Gasteiger partial charge is 0.308 e. The highest BCUT2D eigenvalue weighted by Gasteiger charge is 2.31. The van der Waals surface area contributed by atoms with Gasteiger partial charge in [0.25, 0.3) is 0 Å². The van der Waals surface area contributed by atoms with Crippen molar-refractivity contribution in [2.45, 2.75) is 19.3 Å². The molecule has 0 aliphatic carbocycles. The highest BCUT2D eigenvalue weighted by molar-refractivity contribution is 5.84. The maximum absolute atomic E-state index is 12.4. The van der Waals surface area contributed by atoms with Gasteiger partial charge < -0.3 is 19.8 Å². The van der Waals surface area contributed by atoms with Crippen LogP contribution in [0.3, 0.4) is 0 Å². The fourth-order valence-corrected chi connectivity index (χ4v) is 3.57. The van der Waals surface area contributed by atoms with Crippen molar-refractivity contribution in [2.24, 2.45) is 5.92 Å². The Morgan fingerprint density at radius 3 is 2.08 bits per heavy atom. The van der Waals surface area contributed by atoms with Crippen LogP contribution in [0, 0.1) is 5.92 Å². The molecule has 0 aromatic heterocycles. The number of anilines is 1. The van der Waals surface area contributed by atoms with Crippen molar-refractivity contribution in [1.82, 2.24) is 9.80 Å². The molecule has 2 amide bonds. The molecule has 0 radical (unpaired) electrons. The Hall–Kier alpha value is -2.57. The number of carbonyl (C=O) groups excluding carboxylic acids is 2. The number of piperazine rings is 1. The van der Waals surface area contributed by atoms with E-state index in [9.17, 15) is 14.4 Å². The van der Waals surface area contributed by atoms with Gasteiger partial charge in [0, 0.05) is 57.8 Å². The van der Waals surface area contributed by atoms with Gasteiger partial charge in [0.2, 0.25) is 11.8 Å². The van der Waals surface area contributed by atoms with Gasteiger partial charge in [-0.3, -0.25) is 14.4 Å². The predicted octanol–water partition coefficient (Wildman–Crippen LogP) is 1.05. The summed E-state index contributed by atoms with van der Waals surface area (Å²) in [4.78, 5) is 41.2. The Kier molecular flexibility index (Phi) is 5.75. The van der Waals surface area contributed by atoms with Gasteiger partial charge in [0.15, 0.2) is 0 Å². The van der Waals surface area contributed by atoms with Gasteiger partial charge in [0.05, 0.1) is 5.92 Å². The highest BCUT2D eigenvalue weighted by Crippen LogP contribution is 2.19. The van der Waals surface area contributed by atoms with E-state index in [1.54, 1.807) is 4.90 Å². The maximum atomic E-state index is 12.4. The monoisotopic (exact) mass is 359 g/mol. The van der Waals surface area contributed by atoms with Gasteiger partial charge in [-0.25, -0.2) is 0 Å². The number of hydrogen-bond acceptors (Lipinski definition) is 4. The normalized spacial score (nSPS) is 20.3. The average molecular weight is 359 g/mol. The molecule has 2 saturated heterocycles. The highest BCUT2D eigenvalue weighted by atomic mass is 16.4. The third kappa shape index (κ3) is 4.33. The van der Waals surface area contributed by atoms with Crippen LogP contribution in [-0.4, -0.2) is 72.0 Å². The third-order valence-electron chi connectivity index (χ3n) is 5.20. The SMILES string of the molecule is O=C(O)C1CCN(C(=O)CCC(=O)N2CCN(c3ccccc3)CC2)C1. The molecule has 2 heterocycles. The minimum absolute atomic E-state index is 0.0000400. The largest absolute Gasteiger partial charge is 0.481 e. The lowest BCUT2D eigenvalue weighted by atomic mass is 10.1. The minimum Gasteiger partial charge on any atom is -0.481 e. The lowest BCUT2D eigenvalue weighted by Gasteiger charge is -2.36. The van der Waals surface area contributed by atoms with Crippen molar-refractivity contribution >= 4 is 23.5 Å². The quantitative estimate of drug-likeness (QED) is 0.850. The van der Waals surface area contributed by atoms with E-state index in [0.717, 1.165) is 18.8 Å². The molecule has 0 saturated carbocycles. The molecule has 0 spiro atoms. The van der Waals surface area contributed by atoms with Crippen LogP contribution in [0.25, 0.3) is 0 Å². The lowest BCUT2D eigenvalue weighted by Crippen LogP contribution is -2.49. The molecule has 2 aliphatic heterocycles. The molecule has 3 rings (SSSR count). The van der Waals surface area contributed by atoms with E-state index in [2.05, 4.69) is 17.0 Å². The van der Waals surface area contributed by atoms with Crippen LogP contribution < -0.4 is 4.90 Å². The third-order valence-corrected chi connectivity index (χ3v) is 5.20. The molecule has 1 N–H and O–H groups in total. The number of benzene rings is 1. The number of aliphatic carboxylic acids is 1. The van der Waals surface area contributed by atoms with Gasteiger partial charge >= 0.3 is 5.97 Å². The van der Waals surface area contributed by atoms with Crippen LogP contribution in [0.15, 0.2) is 30.3 Å². The molecule has 7 heteroatoms. The Balaban J connectivity index is 1.41. The summed E-state index contributed by atoms with van der Waals surface area (Å²) in [6.07, 6.45) is 0.846. The number of carboxylic acids is 1. The number of amides is 2. The van der Waals surface area contributed by atoms with Gasteiger partial charge in [-0.15, -0.1) is 0 Å². The first-order chi connectivity index (χ1) is 12.5. The van der Waals surface area contributed by atoms with Crippen LogP contribution in [0.2, 0.25) is 0 Å². The summed E-state index contributed by atoms with van der Waals surface area (Å²) < 4.78 is 0. The molecule has 7 nitrogen and oxygen atoms in total. The number of likely N-dealkylation sites (tertiary alicyclic amines) is 1.